The molecule has 3 nitrogen and oxygen atoms in total. The second-order valence-corrected chi connectivity index (χ2v) is 6.00. The number of hydrogen-bond donors (Lipinski definition) is 2. The highest BCUT2D eigenvalue weighted by Crippen LogP contribution is 2.30. The van der Waals surface area contributed by atoms with Crippen molar-refractivity contribution in [1.29, 1.82) is 0 Å². The van der Waals surface area contributed by atoms with E-state index in [1.807, 2.05) is 30.5 Å². The van der Waals surface area contributed by atoms with Gasteiger partial charge in [0.05, 0.1) is 16.8 Å². The van der Waals surface area contributed by atoms with E-state index >= 15 is 0 Å². The number of nitrogens with two attached hydrogens (primary N) is 1. The van der Waals surface area contributed by atoms with Crippen LogP contribution in [0.1, 0.15) is 5.56 Å². The molecule has 0 atom stereocenters. The van der Waals surface area contributed by atoms with Gasteiger partial charge in [0.2, 0.25) is 0 Å². The first-order chi connectivity index (χ1) is 9.26. The van der Waals surface area contributed by atoms with Crippen molar-refractivity contribution in [3.8, 4) is 22.0 Å². The van der Waals surface area contributed by atoms with Gasteiger partial charge in [-0.15, -0.1) is 11.3 Å². The molecular formula is C14H12BrN3S. The predicted molar refractivity (Wildman–Crippen MR) is 82.9 cm³/mol. The van der Waals surface area contributed by atoms with Crippen molar-refractivity contribution >= 4 is 27.3 Å². The number of H-pyrrole nitrogens is 1. The summed E-state index contributed by atoms with van der Waals surface area (Å²) in [6.45, 7) is 0.562. The lowest BCUT2D eigenvalue weighted by Crippen LogP contribution is -1.95. The molecule has 0 unspecified atom stereocenters. The highest BCUT2D eigenvalue weighted by Gasteiger charge is 2.07. The van der Waals surface area contributed by atoms with Crippen molar-refractivity contribution in [3.63, 3.8) is 0 Å². The van der Waals surface area contributed by atoms with Crippen molar-refractivity contribution in [2.45, 2.75) is 6.54 Å². The lowest BCUT2D eigenvalue weighted by Gasteiger charge is -1.99. The molecule has 19 heavy (non-hydrogen) atoms. The molecule has 0 bridgehead atoms. The molecule has 1 aromatic carbocycles. The number of nitrogens with one attached hydrogen (secondary N) is 1. The standard InChI is InChI=1S/C14H12BrN3S/c15-11-5-13(19-8-11)12-7-17-14(18-12)10-3-1-9(6-16)2-4-10/h1-5,7-8H,6,16H2,(H,17,18). The molecular weight excluding hydrogens is 322 g/mol. The van der Waals surface area contributed by atoms with Gasteiger partial charge in [0, 0.05) is 22.0 Å². The fourth-order valence-electron chi connectivity index (χ4n) is 1.85. The third-order valence-corrected chi connectivity index (χ3v) is 4.60. The molecule has 0 aliphatic heterocycles. The van der Waals surface area contributed by atoms with Gasteiger partial charge in [0.15, 0.2) is 0 Å². The van der Waals surface area contributed by atoms with Gasteiger partial charge in [-0.3, -0.25) is 0 Å². The number of benzene rings is 1. The Morgan fingerprint density at radius 3 is 2.68 bits per heavy atom. The van der Waals surface area contributed by atoms with Crippen LogP contribution in [0.15, 0.2) is 46.4 Å². The molecule has 0 fully saturated rings. The molecule has 0 radical (unpaired) electrons. The Morgan fingerprint density at radius 2 is 2.05 bits per heavy atom. The van der Waals surface area contributed by atoms with Gasteiger partial charge in [-0.25, -0.2) is 4.98 Å². The Kier molecular flexibility index (Phi) is 3.50. The average Bonchev–Trinajstić information content (AvgIpc) is 3.07. The Bertz CT molecular complexity index is 685. The Balaban J connectivity index is 1.91. The first-order valence-corrected chi connectivity index (χ1v) is 7.52. The van der Waals surface area contributed by atoms with E-state index in [-0.39, 0.29) is 0 Å². The maximum atomic E-state index is 5.59. The van der Waals surface area contributed by atoms with E-state index in [1.165, 1.54) is 4.88 Å². The number of halogens is 1. The van der Waals surface area contributed by atoms with Gasteiger partial charge in [-0.05, 0) is 27.6 Å². The largest absolute Gasteiger partial charge is 0.337 e. The van der Waals surface area contributed by atoms with Gasteiger partial charge >= 0.3 is 0 Å². The third-order valence-electron chi connectivity index (χ3n) is 2.87. The molecule has 0 aliphatic rings. The summed E-state index contributed by atoms with van der Waals surface area (Å²) in [5.74, 6) is 0.878. The fourth-order valence-corrected chi connectivity index (χ4v) is 3.24. The van der Waals surface area contributed by atoms with Gasteiger partial charge in [-0.2, -0.15) is 0 Å². The molecule has 3 rings (SSSR count). The van der Waals surface area contributed by atoms with Crippen LogP contribution >= 0.6 is 27.3 Å². The van der Waals surface area contributed by atoms with E-state index in [1.54, 1.807) is 11.3 Å². The molecule has 96 valence electrons. The second kappa shape index (κ2) is 5.28. The van der Waals surface area contributed by atoms with E-state index in [0.29, 0.717) is 6.54 Å². The highest BCUT2D eigenvalue weighted by molar-refractivity contribution is 9.10. The summed E-state index contributed by atoms with van der Waals surface area (Å²) in [4.78, 5) is 8.95. The fraction of sp³-hybridized carbons (Fsp3) is 0.0714. The van der Waals surface area contributed by atoms with Crippen LogP contribution in [0, 0.1) is 0 Å². The number of nitrogens with zero attached hydrogens (tertiary/aromatic N) is 1. The number of rotatable bonds is 3. The molecule has 0 amide bonds. The van der Waals surface area contributed by atoms with Crippen molar-refractivity contribution < 1.29 is 0 Å². The molecule has 3 N–H and O–H groups in total. The zero-order chi connectivity index (χ0) is 13.2. The van der Waals surface area contributed by atoms with Gasteiger partial charge in [0.25, 0.3) is 0 Å². The molecule has 0 aliphatic carbocycles. The van der Waals surface area contributed by atoms with Crippen molar-refractivity contribution in [1.82, 2.24) is 9.97 Å². The minimum atomic E-state index is 0.562. The molecule has 0 saturated carbocycles. The Morgan fingerprint density at radius 1 is 1.26 bits per heavy atom. The normalized spacial score (nSPS) is 10.8. The summed E-state index contributed by atoms with van der Waals surface area (Å²) in [6.07, 6.45) is 1.87. The summed E-state index contributed by atoms with van der Waals surface area (Å²) < 4.78 is 1.09. The number of thiophene rings is 1. The molecule has 2 heterocycles. The number of imidazole rings is 1. The van der Waals surface area contributed by atoms with Crippen LogP contribution in [0.2, 0.25) is 0 Å². The monoisotopic (exact) mass is 333 g/mol. The van der Waals surface area contributed by atoms with Gasteiger partial charge in [0.1, 0.15) is 5.82 Å². The smallest absolute Gasteiger partial charge is 0.137 e. The zero-order valence-corrected chi connectivity index (χ0v) is 12.5. The topological polar surface area (TPSA) is 54.7 Å². The molecule has 3 aromatic rings. The molecule has 2 aromatic heterocycles. The first-order valence-electron chi connectivity index (χ1n) is 5.85. The minimum absolute atomic E-state index is 0.562. The maximum Gasteiger partial charge on any atom is 0.137 e. The maximum absolute atomic E-state index is 5.59. The number of aromatic nitrogens is 2. The van der Waals surface area contributed by atoms with Crippen molar-refractivity contribution in [2.24, 2.45) is 5.73 Å². The average molecular weight is 334 g/mol. The Labute approximate surface area is 123 Å². The van der Waals surface area contributed by atoms with E-state index in [9.17, 15) is 0 Å². The van der Waals surface area contributed by atoms with Gasteiger partial charge in [-0.1, -0.05) is 24.3 Å². The van der Waals surface area contributed by atoms with E-state index in [0.717, 1.165) is 27.1 Å². The van der Waals surface area contributed by atoms with Crippen LogP contribution in [-0.2, 0) is 6.54 Å². The summed E-state index contributed by atoms with van der Waals surface area (Å²) in [6, 6.07) is 10.2. The van der Waals surface area contributed by atoms with E-state index in [2.05, 4.69) is 37.3 Å². The van der Waals surface area contributed by atoms with E-state index < -0.39 is 0 Å². The predicted octanol–water partition coefficient (Wildman–Crippen LogP) is 4.03. The highest BCUT2D eigenvalue weighted by atomic mass is 79.9. The van der Waals surface area contributed by atoms with Crippen molar-refractivity contribution in [3.05, 3.63) is 51.9 Å². The first kappa shape index (κ1) is 12.6. The Hall–Kier alpha value is -1.43. The van der Waals surface area contributed by atoms with Crippen LogP contribution < -0.4 is 5.73 Å². The summed E-state index contributed by atoms with van der Waals surface area (Å²) in [5, 5.41) is 2.06. The summed E-state index contributed by atoms with van der Waals surface area (Å²) in [5.41, 5.74) is 8.82. The van der Waals surface area contributed by atoms with Crippen LogP contribution in [0.3, 0.4) is 0 Å². The SMILES string of the molecule is NCc1ccc(-c2ncc(-c3cc(Br)cs3)[nH]2)cc1. The number of aromatic amines is 1. The van der Waals surface area contributed by atoms with Gasteiger partial charge < -0.3 is 10.7 Å². The van der Waals surface area contributed by atoms with Crippen LogP contribution in [-0.4, -0.2) is 9.97 Å². The van der Waals surface area contributed by atoms with E-state index in [4.69, 9.17) is 5.73 Å². The van der Waals surface area contributed by atoms with Crippen LogP contribution in [0.5, 0.6) is 0 Å². The third kappa shape index (κ3) is 2.63. The summed E-state index contributed by atoms with van der Waals surface area (Å²) >= 11 is 5.14. The number of hydrogen-bond acceptors (Lipinski definition) is 3. The molecule has 0 saturated heterocycles. The zero-order valence-electron chi connectivity index (χ0n) is 10.1. The quantitative estimate of drug-likeness (QED) is 0.760. The molecule has 5 heteroatoms. The second-order valence-electron chi connectivity index (χ2n) is 4.18. The van der Waals surface area contributed by atoms with Crippen LogP contribution in [0.4, 0.5) is 0 Å². The summed E-state index contributed by atoms with van der Waals surface area (Å²) in [7, 11) is 0. The molecule has 0 spiro atoms. The lowest BCUT2D eigenvalue weighted by molar-refractivity contribution is 1.07. The minimum Gasteiger partial charge on any atom is -0.337 e. The van der Waals surface area contributed by atoms with Crippen LogP contribution in [0.25, 0.3) is 22.0 Å². The van der Waals surface area contributed by atoms with Crippen molar-refractivity contribution in [2.75, 3.05) is 0 Å². The lowest BCUT2D eigenvalue weighted by atomic mass is 10.1.